The molecule has 0 N–H and O–H groups in total. The molecule has 6 heteroatoms. The molecule has 1 aliphatic carbocycles. The molecule has 3 aliphatic heterocycles. The van der Waals surface area contributed by atoms with Crippen LogP contribution in [0, 0.1) is 11.8 Å². The van der Waals surface area contributed by atoms with Crippen LogP contribution in [-0.2, 0) is 9.53 Å². The van der Waals surface area contributed by atoms with Crippen molar-refractivity contribution in [3.8, 4) is 0 Å². The van der Waals surface area contributed by atoms with E-state index in [4.69, 9.17) is 4.74 Å². The van der Waals surface area contributed by atoms with Crippen molar-refractivity contribution >= 4 is 11.8 Å². The Labute approximate surface area is 204 Å². The fraction of sp³-hybridized carbons (Fsp3) is 0.714. The number of benzene rings is 1. The van der Waals surface area contributed by atoms with Crippen molar-refractivity contribution in [2.24, 2.45) is 11.8 Å². The van der Waals surface area contributed by atoms with Crippen molar-refractivity contribution in [1.29, 1.82) is 0 Å². The summed E-state index contributed by atoms with van der Waals surface area (Å²) in [4.78, 5) is 33.9. The van der Waals surface area contributed by atoms with Gasteiger partial charge in [0.1, 0.15) is 6.04 Å². The van der Waals surface area contributed by atoms with E-state index >= 15 is 0 Å². The van der Waals surface area contributed by atoms with Crippen LogP contribution in [0.1, 0.15) is 69.2 Å². The second-order valence-electron chi connectivity index (χ2n) is 11.2. The SMILES string of the molecule is CC1CN(CC2CCN(C(=O)C3CC4CCCCC4N3C(=O)c3ccccc3)CC2)CC(C)O1. The number of piperidine rings is 1. The molecule has 0 aromatic heterocycles. The van der Waals surface area contributed by atoms with Gasteiger partial charge in [-0.3, -0.25) is 14.5 Å². The molecule has 5 atom stereocenters. The summed E-state index contributed by atoms with van der Waals surface area (Å²) in [6.07, 6.45) is 8.09. The van der Waals surface area contributed by atoms with Gasteiger partial charge in [-0.1, -0.05) is 31.0 Å². The average Bonchev–Trinajstić information content (AvgIpc) is 3.23. The number of hydrogen-bond acceptors (Lipinski definition) is 4. The maximum Gasteiger partial charge on any atom is 0.254 e. The van der Waals surface area contributed by atoms with E-state index in [1.165, 1.54) is 6.42 Å². The number of likely N-dealkylation sites (tertiary alicyclic amines) is 2. The highest BCUT2D eigenvalue weighted by Crippen LogP contribution is 2.41. The number of ether oxygens (including phenoxy) is 1. The normalized spacial score (nSPS) is 33.1. The quantitative estimate of drug-likeness (QED) is 0.676. The van der Waals surface area contributed by atoms with E-state index in [0.717, 1.165) is 71.2 Å². The molecule has 0 spiro atoms. The van der Waals surface area contributed by atoms with Crippen LogP contribution >= 0.6 is 0 Å². The first-order valence-electron chi connectivity index (χ1n) is 13.5. The van der Waals surface area contributed by atoms with E-state index in [1.54, 1.807) is 0 Å². The Morgan fingerprint density at radius 2 is 1.62 bits per heavy atom. The zero-order valence-electron chi connectivity index (χ0n) is 20.9. The summed E-state index contributed by atoms with van der Waals surface area (Å²) in [6, 6.07) is 9.47. The minimum absolute atomic E-state index is 0.0405. The Balaban J connectivity index is 1.23. The van der Waals surface area contributed by atoms with Gasteiger partial charge in [0.2, 0.25) is 5.91 Å². The Morgan fingerprint density at radius 1 is 0.941 bits per heavy atom. The van der Waals surface area contributed by atoms with Gasteiger partial charge in [-0.25, -0.2) is 0 Å². The highest BCUT2D eigenvalue weighted by molar-refractivity contribution is 5.98. The molecule has 5 rings (SSSR count). The monoisotopic (exact) mass is 467 g/mol. The third-order valence-electron chi connectivity index (χ3n) is 8.57. The Kier molecular flexibility index (Phi) is 7.26. The molecule has 186 valence electrons. The zero-order valence-corrected chi connectivity index (χ0v) is 20.9. The van der Waals surface area contributed by atoms with Crippen molar-refractivity contribution in [2.75, 3.05) is 32.7 Å². The van der Waals surface area contributed by atoms with Crippen molar-refractivity contribution in [1.82, 2.24) is 14.7 Å². The van der Waals surface area contributed by atoms with E-state index in [1.807, 2.05) is 35.2 Å². The molecule has 4 aliphatic rings. The lowest BCUT2D eigenvalue weighted by Gasteiger charge is -2.40. The lowest BCUT2D eigenvalue weighted by molar-refractivity contribution is -0.137. The van der Waals surface area contributed by atoms with E-state index in [-0.39, 0.29) is 23.9 Å². The number of carbonyl (C=O) groups is 2. The fourth-order valence-electron chi connectivity index (χ4n) is 7.05. The minimum atomic E-state index is -0.293. The number of carbonyl (C=O) groups excluding carboxylic acids is 2. The second kappa shape index (κ2) is 10.4. The smallest absolute Gasteiger partial charge is 0.254 e. The molecule has 3 heterocycles. The van der Waals surface area contributed by atoms with Crippen molar-refractivity contribution in [3.05, 3.63) is 35.9 Å². The summed E-state index contributed by atoms with van der Waals surface area (Å²) in [6.45, 7) is 9.07. The largest absolute Gasteiger partial charge is 0.373 e. The van der Waals surface area contributed by atoms with Crippen LogP contribution < -0.4 is 0 Å². The summed E-state index contributed by atoms with van der Waals surface area (Å²) < 4.78 is 5.89. The molecule has 1 aromatic carbocycles. The molecule has 2 amide bonds. The van der Waals surface area contributed by atoms with Crippen molar-refractivity contribution in [3.63, 3.8) is 0 Å². The van der Waals surface area contributed by atoms with Crippen LogP contribution in [0.15, 0.2) is 30.3 Å². The first-order chi connectivity index (χ1) is 16.5. The third kappa shape index (κ3) is 5.03. The molecular weight excluding hydrogens is 426 g/mol. The Bertz CT molecular complexity index is 844. The molecule has 3 saturated heterocycles. The highest BCUT2D eigenvalue weighted by atomic mass is 16.5. The topological polar surface area (TPSA) is 53.1 Å². The van der Waals surface area contributed by atoms with Crippen LogP contribution in [0.4, 0.5) is 0 Å². The lowest BCUT2D eigenvalue weighted by atomic mass is 9.84. The first kappa shape index (κ1) is 23.8. The van der Waals surface area contributed by atoms with E-state index in [9.17, 15) is 9.59 Å². The van der Waals surface area contributed by atoms with Gasteiger partial charge >= 0.3 is 0 Å². The summed E-state index contributed by atoms with van der Waals surface area (Å²) in [5.74, 6) is 1.33. The Hall–Kier alpha value is -1.92. The number of hydrogen-bond donors (Lipinski definition) is 0. The van der Waals surface area contributed by atoms with Gasteiger partial charge < -0.3 is 14.5 Å². The van der Waals surface area contributed by atoms with Gasteiger partial charge in [0.25, 0.3) is 5.91 Å². The summed E-state index contributed by atoms with van der Waals surface area (Å²) in [5, 5.41) is 0. The van der Waals surface area contributed by atoms with E-state index < -0.39 is 0 Å². The number of rotatable bonds is 4. The molecule has 5 unspecified atom stereocenters. The van der Waals surface area contributed by atoms with Gasteiger partial charge in [-0.15, -0.1) is 0 Å². The fourth-order valence-corrected chi connectivity index (χ4v) is 7.05. The van der Waals surface area contributed by atoms with Crippen LogP contribution in [0.25, 0.3) is 0 Å². The van der Waals surface area contributed by atoms with Crippen molar-refractivity contribution < 1.29 is 14.3 Å². The molecule has 34 heavy (non-hydrogen) atoms. The highest BCUT2D eigenvalue weighted by Gasteiger charge is 2.48. The third-order valence-corrected chi connectivity index (χ3v) is 8.57. The number of morpholine rings is 1. The molecular formula is C28H41N3O3. The standard InChI is InChI=1S/C28H41N3O3/c1-20-17-29(18-21(2)34-20)19-22-12-14-30(15-13-22)28(33)26-16-24-10-6-7-11-25(24)31(26)27(32)23-8-4-3-5-9-23/h3-5,8-9,20-22,24-26H,6-7,10-19H2,1-2H3. The minimum Gasteiger partial charge on any atom is -0.373 e. The first-order valence-corrected chi connectivity index (χ1v) is 13.5. The van der Waals surface area contributed by atoms with E-state index in [2.05, 4.69) is 23.6 Å². The van der Waals surface area contributed by atoms with Gasteiger partial charge in [0.15, 0.2) is 0 Å². The number of fused-ring (bicyclic) bond motifs is 1. The van der Waals surface area contributed by atoms with Crippen molar-refractivity contribution in [2.45, 2.75) is 83.1 Å². The maximum absolute atomic E-state index is 13.8. The van der Waals surface area contributed by atoms with Gasteiger partial charge in [-0.05, 0) is 69.9 Å². The maximum atomic E-state index is 13.8. The lowest BCUT2D eigenvalue weighted by Crippen LogP contribution is -2.53. The van der Waals surface area contributed by atoms with Gasteiger partial charge in [0, 0.05) is 44.3 Å². The average molecular weight is 468 g/mol. The van der Waals surface area contributed by atoms with Crippen LogP contribution in [0.5, 0.6) is 0 Å². The number of nitrogens with zero attached hydrogens (tertiary/aromatic N) is 3. The summed E-state index contributed by atoms with van der Waals surface area (Å²) in [7, 11) is 0. The second-order valence-corrected chi connectivity index (χ2v) is 11.2. The molecule has 1 saturated carbocycles. The van der Waals surface area contributed by atoms with Crippen LogP contribution in [0.2, 0.25) is 0 Å². The molecule has 4 fully saturated rings. The predicted molar refractivity (Wildman–Crippen MR) is 133 cm³/mol. The van der Waals surface area contributed by atoms with Crippen LogP contribution in [0.3, 0.4) is 0 Å². The predicted octanol–water partition coefficient (Wildman–Crippen LogP) is 3.81. The molecule has 6 nitrogen and oxygen atoms in total. The van der Waals surface area contributed by atoms with Gasteiger partial charge in [0.05, 0.1) is 12.2 Å². The summed E-state index contributed by atoms with van der Waals surface area (Å²) in [5.41, 5.74) is 0.708. The Morgan fingerprint density at radius 3 is 2.32 bits per heavy atom. The molecule has 0 bridgehead atoms. The van der Waals surface area contributed by atoms with Crippen LogP contribution in [-0.4, -0.2) is 83.5 Å². The van der Waals surface area contributed by atoms with Gasteiger partial charge in [-0.2, -0.15) is 0 Å². The zero-order chi connectivity index (χ0) is 23.7. The molecule has 1 aromatic rings. The van der Waals surface area contributed by atoms with E-state index in [0.29, 0.717) is 29.6 Å². The summed E-state index contributed by atoms with van der Waals surface area (Å²) >= 11 is 0. The number of amides is 2. The molecule has 0 radical (unpaired) electrons.